The Morgan fingerprint density at radius 3 is 1.94 bits per heavy atom. The molecule has 0 bridgehead atoms. The Morgan fingerprint density at radius 2 is 1.38 bits per heavy atom. The van der Waals surface area contributed by atoms with Gasteiger partial charge in [0.2, 0.25) is 21.8 Å². The minimum atomic E-state index is -3.55. The van der Waals surface area contributed by atoms with Crippen LogP contribution >= 0.6 is 0 Å². The summed E-state index contributed by atoms with van der Waals surface area (Å²) in [6.07, 6.45) is 7.56. The first kappa shape index (κ1) is 23.2. The zero-order valence-electron chi connectivity index (χ0n) is 19.0. The predicted molar refractivity (Wildman–Crippen MR) is 123 cm³/mol. The van der Waals surface area contributed by atoms with E-state index in [0.717, 1.165) is 0 Å². The minimum Gasteiger partial charge on any atom is -0.343 e. The molecule has 0 unspecified atom stereocenters. The molecule has 2 aliphatic heterocycles. The van der Waals surface area contributed by atoms with Gasteiger partial charge in [-0.25, -0.2) is 8.42 Å². The molecule has 0 spiro atoms. The van der Waals surface area contributed by atoms with Gasteiger partial charge >= 0.3 is 0 Å². The monoisotopic (exact) mass is 461 g/mol. The first-order chi connectivity index (χ1) is 15.4. The Hall–Kier alpha value is -1.93. The molecule has 0 radical (unpaired) electrons. The molecule has 3 fully saturated rings. The van der Waals surface area contributed by atoms with Crippen molar-refractivity contribution < 1.29 is 18.0 Å². The van der Waals surface area contributed by atoms with Gasteiger partial charge in [-0.2, -0.15) is 4.31 Å². The molecule has 4 rings (SSSR count). The van der Waals surface area contributed by atoms with Crippen LogP contribution in [0.4, 0.5) is 0 Å². The van der Waals surface area contributed by atoms with Gasteiger partial charge in [-0.15, -0.1) is 0 Å². The smallest absolute Gasteiger partial charge is 0.243 e. The van der Waals surface area contributed by atoms with Crippen molar-refractivity contribution in [2.24, 2.45) is 5.92 Å². The molecule has 0 atom stereocenters. The van der Waals surface area contributed by atoms with Gasteiger partial charge in [0.05, 0.1) is 4.90 Å². The van der Waals surface area contributed by atoms with Crippen LogP contribution in [0, 0.1) is 5.92 Å². The van der Waals surface area contributed by atoms with Gasteiger partial charge in [-0.3, -0.25) is 9.59 Å². The van der Waals surface area contributed by atoms with Crippen molar-refractivity contribution in [2.75, 3.05) is 39.3 Å². The molecule has 2 amide bonds. The molecule has 32 heavy (non-hydrogen) atoms. The van der Waals surface area contributed by atoms with E-state index in [4.69, 9.17) is 0 Å². The average Bonchev–Trinajstić information content (AvgIpc) is 2.84. The number of carbonyl (C=O) groups is 2. The summed E-state index contributed by atoms with van der Waals surface area (Å²) in [4.78, 5) is 28.3. The van der Waals surface area contributed by atoms with E-state index in [9.17, 15) is 18.0 Å². The number of carbonyl (C=O) groups excluding carboxylic acids is 2. The normalized spacial score (nSPS) is 22.2. The predicted octanol–water partition coefficient (Wildman–Crippen LogP) is 2.83. The maximum Gasteiger partial charge on any atom is 0.243 e. The highest BCUT2D eigenvalue weighted by Gasteiger charge is 2.34. The minimum absolute atomic E-state index is 0.0569. The van der Waals surface area contributed by atoms with Crippen molar-refractivity contribution >= 4 is 21.8 Å². The number of nitrogens with zero attached hydrogens (tertiary/aromatic N) is 3. The van der Waals surface area contributed by atoms with E-state index in [2.05, 4.69) is 0 Å². The number of likely N-dealkylation sites (tertiary alicyclic amines) is 1. The van der Waals surface area contributed by atoms with E-state index in [1.165, 1.54) is 42.0 Å². The van der Waals surface area contributed by atoms with Gasteiger partial charge in [0.1, 0.15) is 0 Å². The molecule has 3 aliphatic rings. The van der Waals surface area contributed by atoms with Crippen LogP contribution in [0.1, 0.15) is 63.4 Å². The lowest BCUT2D eigenvalue weighted by atomic mass is 9.84. The number of sulfonamides is 1. The molecule has 0 N–H and O–H groups in total. The highest BCUT2D eigenvalue weighted by molar-refractivity contribution is 7.89. The lowest BCUT2D eigenvalue weighted by Gasteiger charge is -2.38. The number of benzene rings is 1. The van der Waals surface area contributed by atoms with Gasteiger partial charge in [0, 0.05) is 52.1 Å². The van der Waals surface area contributed by atoms with Crippen LogP contribution in [0.15, 0.2) is 29.2 Å². The molecule has 2 heterocycles. The molecular weight excluding hydrogens is 426 g/mol. The first-order valence-electron chi connectivity index (χ1n) is 12.0. The van der Waals surface area contributed by atoms with Gasteiger partial charge in [-0.1, -0.05) is 31.4 Å². The van der Waals surface area contributed by atoms with E-state index < -0.39 is 10.0 Å². The maximum absolute atomic E-state index is 13.1. The Labute approximate surface area is 191 Å². The summed E-state index contributed by atoms with van der Waals surface area (Å²) >= 11 is 0. The Bertz CT molecular complexity index is 909. The molecular formula is C24H35N3O4S. The van der Waals surface area contributed by atoms with Crippen LogP contribution in [-0.2, 0) is 19.6 Å². The fourth-order valence-electron chi connectivity index (χ4n) is 5.35. The van der Waals surface area contributed by atoms with Crippen LogP contribution in [-0.4, -0.2) is 73.6 Å². The van der Waals surface area contributed by atoms with Crippen molar-refractivity contribution in [3.05, 3.63) is 29.8 Å². The van der Waals surface area contributed by atoms with Crippen molar-refractivity contribution in [2.45, 2.75) is 62.7 Å². The quantitative estimate of drug-likeness (QED) is 0.691. The second kappa shape index (κ2) is 9.91. The van der Waals surface area contributed by atoms with Crippen LogP contribution in [0.5, 0.6) is 0 Å². The Balaban J connectivity index is 1.32. The Kier molecular flexibility index (Phi) is 7.20. The van der Waals surface area contributed by atoms with E-state index in [0.29, 0.717) is 62.9 Å². The average molecular weight is 462 g/mol. The lowest BCUT2D eigenvalue weighted by molar-refractivity contribution is -0.141. The molecule has 1 aliphatic carbocycles. The zero-order valence-corrected chi connectivity index (χ0v) is 19.9. The zero-order chi connectivity index (χ0) is 22.7. The third-order valence-corrected chi connectivity index (χ3v) is 9.35. The van der Waals surface area contributed by atoms with Crippen molar-refractivity contribution in [1.82, 2.24) is 14.1 Å². The second-order valence-electron chi connectivity index (χ2n) is 9.41. The van der Waals surface area contributed by atoms with Crippen LogP contribution < -0.4 is 0 Å². The van der Waals surface area contributed by atoms with E-state index >= 15 is 0 Å². The lowest BCUT2D eigenvalue weighted by Crippen LogP contribution is -2.53. The third-order valence-electron chi connectivity index (χ3n) is 7.43. The van der Waals surface area contributed by atoms with E-state index in [1.807, 2.05) is 12.1 Å². The number of piperazine rings is 1. The molecule has 1 aromatic carbocycles. The highest BCUT2D eigenvalue weighted by Crippen LogP contribution is 2.33. The molecule has 2 saturated heterocycles. The largest absolute Gasteiger partial charge is 0.343 e. The van der Waals surface area contributed by atoms with Crippen LogP contribution in [0.3, 0.4) is 0 Å². The fourth-order valence-corrected chi connectivity index (χ4v) is 6.77. The van der Waals surface area contributed by atoms with Gasteiger partial charge in [0.25, 0.3) is 0 Å². The first-order valence-corrected chi connectivity index (χ1v) is 13.4. The van der Waals surface area contributed by atoms with Crippen molar-refractivity contribution in [1.29, 1.82) is 0 Å². The van der Waals surface area contributed by atoms with Crippen molar-refractivity contribution in [3.63, 3.8) is 0 Å². The summed E-state index contributed by atoms with van der Waals surface area (Å²) in [6.45, 7) is 4.30. The number of rotatable bonds is 4. The topological polar surface area (TPSA) is 78.0 Å². The van der Waals surface area contributed by atoms with Crippen molar-refractivity contribution in [3.8, 4) is 0 Å². The Morgan fingerprint density at radius 1 is 0.781 bits per heavy atom. The summed E-state index contributed by atoms with van der Waals surface area (Å²) in [5.74, 6) is 0.641. The molecule has 1 aromatic rings. The third kappa shape index (κ3) is 5.01. The van der Waals surface area contributed by atoms with Gasteiger partial charge in [-0.05, 0) is 49.3 Å². The summed E-state index contributed by atoms with van der Waals surface area (Å²) < 4.78 is 27.8. The molecule has 8 heteroatoms. The highest BCUT2D eigenvalue weighted by atomic mass is 32.2. The van der Waals surface area contributed by atoms with E-state index in [-0.39, 0.29) is 17.7 Å². The van der Waals surface area contributed by atoms with Gasteiger partial charge < -0.3 is 9.80 Å². The molecule has 1 saturated carbocycles. The number of piperidine rings is 1. The summed E-state index contributed by atoms with van der Waals surface area (Å²) in [5.41, 5.74) is 1.25. The number of hydrogen-bond donors (Lipinski definition) is 0. The molecule has 7 nitrogen and oxygen atoms in total. The van der Waals surface area contributed by atoms with Crippen LogP contribution in [0.2, 0.25) is 0 Å². The second-order valence-corrected chi connectivity index (χ2v) is 11.4. The summed E-state index contributed by atoms with van der Waals surface area (Å²) in [7, 11) is -3.55. The number of hydrogen-bond acceptors (Lipinski definition) is 4. The maximum atomic E-state index is 13.1. The SMILES string of the molecule is CC(=O)N1CCC(C(=O)N2CCN(S(=O)(=O)c3ccc(C4CCCCC4)cc3)CC2)CC1. The molecule has 0 aromatic heterocycles. The molecule has 176 valence electrons. The summed E-state index contributed by atoms with van der Waals surface area (Å²) in [6, 6.07) is 7.46. The van der Waals surface area contributed by atoms with Gasteiger partial charge in [0.15, 0.2) is 0 Å². The van der Waals surface area contributed by atoms with E-state index in [1.54, 1.807) is 28.9 Å². The van der Waals surface area contributed by atoms with Crippen LogP contribution in [0.25, 0.3) is 0 Å². The fraction of sp³-hybridized carbons (Fsp3) is 0.667. The number of amides is 2. The summed E-state index contributed by atoms with van der Waals surface area (Å²) in [5, 5.41) is 0. The standard InChI is InChI=1S/C24H35N3O4S/c1-19(28)25-13-11-22(12-14-25)24(29)26-15-17-27(18-16-26)32(30,31)23-9-7-21(8-10-23)20-5-3-2-4-6-20/h7-10,20,22H,2-6,11-18H2,1H3.